The number of carbonyl (C=O) groups is 1. The van der Waals surface area contributed by atoms with Gasteiger partial charge < -0.3 is 13.9 Å². The molecule has 0 spiro atoms. The molecule has 0 radical (unpaired) electrons. The molecule has 37 heavy (non-hydrogen) atoms. The van der Waals surface area contributed by atoms with Gasteiger partial charge in [0.2, 0.25) is 0 Å². The zero-order valence-corrected chi connectivity index (χ0v) is 23.4. The average Bonchev–Trinajstić information content (AvgIpc) is 3.35. The van der Waals surface area contributed by atoms with Crippen molar-refractivity contribution in [1.82, 2.24) is 0 Å². The molecule has 0 fully saturated rings. The predicted octanol–water partition coefficient (Wildman–Crippen LogP) is 9.56. The van der Waals surface area contributed by atoms with Gasteiger partial charge in [-0.15, -0.1) is 36.3 Å². The van der Waals surface area contributed by atoms with Gasteiger partial charge in [0.1, 0.15) is 21.8 Å². The van der Waals surface area contributed by atoms with Crippen LogP contribution in [-0.4, -0.2) is 23.2 Å². The lowest BCUT2D eigenvalue weighted by molar-refractivity contribution is -0.274. The molecule has 2 heterocycles. The first-order chi connectivity index (χ1) is 17.3. The van der Waals surface area contributed by atoms with E-state index < -0.39 is 17.9 Å². The van der Waals surface area contributed by atoms with E-state index in [1.54, 1.807) is 24.8 Å². The molecular formula is C28H33F3O4S2. The van der Waals surface area contributed by atoms with Crippen molar-refractivity contribution in [3.05, 3.63) is 47.4 Å². The largest absolute Gasteiger partial charge is 0.573 e. The summed E-state index contributed by atoms with van der Waals surface area (Å²) in [7, 11) is 0. The third-order valence-electron chi connectivity index (χ3n) is 5.55. The normalized spacial score (nSPS) is 13.1. The van der Waals surface area contributed by atoms with E-state index in [0.717, 1.165) is 34.4 Å². The molecule has 0 saturated heterocycles. The third-order valence-corrected chi connectivity index (χ3v) is 7.84. The van der Waals surface area contributed by atoms with Gasteiger partial charge in [-0.1, -0.05) is 33.3 Å². The van der Waals surface area contributed by atoms with E-state index >= 15 is 0 Å². The second kappa shape index (κ2) is 12.0. The number of carbonyl (C=O) groups excluding carboxylic acids is 1. The molecule has 1 unspecified atom stereocenters. The Balaban J connectivity index is 1.79. The summed E-state index contributed by atoms with van der Waals surface area (Å²) in [5, 5.41) is 0.913. The van der Waals surface area contributed by atoms with E-state index in [-0.39, 0.29) is 11.0 Å². The maximum absolute atomic E-state index is 13.1. The Bertz CT molecular complexity index is 1240. The first-order valence-corrected chi connectivity index (χ1v) is 13.9. The topological polar surface area (TPSA) is 48.7 Å². The number of alkyl halides is 3. The van der Waals surface area contributed by atoms with Crippen molar-refractivity contribution >= 4 is 40.0 Å². The molecule has 9 heteroatoms. The van der Waals surface area contributed by atoms with Crippen LogP contribution < -0.4 is 4.74 Å². The highest BCUT2D eigenvalue weighted by Gasteiger charge is 2.34. The Kier molecular flexibility index (Phi) is 9.45. The van der Waals surface area contributed by atoms with Gasteiger partial charge in [-0.3, -0.25) is 0 Å². The number of unbranched alkanes of at least 4 members (excludes halogenated alkanes) is 2. The maximum atomic E-state index is 13.1. The monoisotopic (exact) mass is 554 g/mol. The SMILES string of the molecule is C=C(C)C(=O)OC(C)(C)CC(C)Sc1ccc2cc(-c3sc(CCCCC)cc3OC(F)(F)F)oc2c1. The van der Waals surface area contributed by atoms with Crippen LogP contribution in [0, 0.1) is 0 Å². The summed E-state index contributed by atoms with van der Waals surface area (Å²) in [4.78, 5) is 14.0. The Morgan fingerprint density at radius 3 is 2.57 bits per heavy atom. The molecule has 3 aromatic rings. The molecule has 3 rings (SSSR count). The number of thioether (sulfide) groups is 1. The minimum absolute atomic E-state index is 0.120. The number of esters is 1. The van der Waals surface area contributed by atoms with Crippen LogP contribution >= 0.6 is 23.1 Å². The number of fused-ring (bicyclic) bond motifs is 1. The van der Waals surface area contributed by atoms with Gasteiger partial charge in [-0.05, 0) is 70.4 Å². The Hall–Kier alpha value is -2.39. The molecule has 2 aromatic heterocycles. The molecule has 4 nitrogen and oxygen atoms in total. The number of thiophene rings is 1. The van der Waals surface area contributed by atoms with Crippen molar-refractivity contribution in [1.29, 1.82) is 0 Å². The van der Waals surface area contributed by atoms with Gasteiger partial charge in [-0.25, -0.2) is 4.79 Å². The highest BCUT2D eigenvalue weighted by molar-refractivity contribution is 8.00. The molecule has 0 N–H and O–H groups in total. The smallest absolute Gasteiger partial charge is 0.456 e. The van der Waals surface area contributed by atoms with Crippen LogP contribution in [0.15, 0.2) is 51.8 Å². The number of hydrogen-bond acceptors (Lipinski definition) is 6. The third kappa shape index (κ3) is 8.57. The molecule has 0 aliphatic carbocycles. The molecule has 1 aromatic carbocycles. The molecule has 0 saturated carbocycles. The number of hydrogen-bond donors (Lipinski definition) is 0. The van der Waals surface area contributed by atoms with Crippen molar-refractivity contribution in [3.63, 3.8) is 0 Å². The van der Waals surface area contributed by atoms with Gasteiger partial charge in [0.25, 0.3) is 0 Å². The zero-order valence-electron chi connectivity index (χ0n) is 21.8. The van der Waals surface area contributed by atoms with Crippen molar-refractivity contribution in [2.45, 2.75) is 88.8 Å². The molecule has 0 amide bonds. The second-order valence-electron chi connectivity index (χ2n) is 9.78. The van der Waals surface area contributed by atoms with Crippen LogP contribution in [0.5, 0.6) is 5.75 Å². The fourth-order valence-electron chi connectivity index (χ4n) is 4.01. The van der Waals surface area contributed by atoms with Crippen molar-refractivity contribution in [2.75, 3.05) is 0 Å². The zero-order chi connectivity index (χ0) is 27.4. The summed E-state index contributed by atoms with van der Waals surface area (Å²) in [6, 6.07) is 8.95. The van der Waals surface area contributed by atoms with E-state index in [9.17, 15) is 18.0 Å². The minimum Gasteiger partial charge on any atom is -0.456 e. The molecule has 0 aliphatic rings. The summed E-state index contributed by atoms with van der Waals surface area (Å²) >= 11 is 2.88. The van der Waals surface area contributed by atoms with Gasteiger partial charge in [0, 0.05) is 26.0 Å². The Labute approximate surface area is 224 Å². The van der Waals surface area contributed by atoms with Gasteiger partial charge in [0.15, 0.2) is 5.75 Å². The number of furan rings is 1. The second-order valence-corrected chi connectivity index (χ2v) is 12.4. The highest BCUT2D eigenvalue weighted by Crippen LogP contribution is 2.44. The van der Waals surface area contributed by atoms with Crippen LogP contribution in [0.1, 0.15) is 65.2 Å². The lowest BCUT2D eigenvalue weighted by atomic mass is 10.0. The summed E-state index contributed by atoms with van der Waals surface area (Å²) in [6.07, 6.45) is -0.515. The molecular weight excluding hydrogens is 521 g/mol. The van der Waals surface area contributed by atoms with Gasteiger partial charge in [0.05, 0.1) is 0 Å². The lowest BCUT2D eigenvalue weighted by Gasteiger charge is -2.28. The van der Waals surface area contributed by atoms with E-state index in [1.165, 1.54) is 17.4 Å². The number of ether oxygens (including phenoxy) is 2. The van der Waals surface area contributed by atoms with E-state index in [0.29, 0.717) is 34.6 Å². The van der Waals surface area contributed by atoms with Crippen LogP contribution in [0.3, 0.4) is 0 Å². The van der Waals surface area contributed by atoms with Crippen molar-refractivity contribution < 1.29 is 31.9 Å². The fourth-order valence-corrected chi connectivity index (χ4v) is 6.36. The first-order valence-electron chi connectivity index (χ1n) is 12.2. The van der Waals surface area contributed by atoms with E-state index in [4.69, 9.17) is 9.15 Å². The number of benzene rings is 1. The minimum atomic E-state index is -4.78. The average molecular weight is 555 g/mol. The number of rotatable bonds is 12. The van der Waals surface area contributed by atoms with Crippen LogP contribution in [0.4, 0.5) is 13.2 Å². The fraction of sp³-hybridized carbons (Fsp3) is 0.464. The summed E-state index contributed by atoms with van der Waals surface area (Å²) in [5.41, 5.74) is 0.280. The molecule has 0 aliphatic heterocycles. The first kappa shape index (κ1) is 29.2. The molecule has 202 valence electrons. The summed E-state index contributed by atoms with van der Waals surface area (Å²) < 4.78 is 55.1. The van der Waals surface area contributed by atoms with Gasteiger partial charge in [-0.2, -0.15) is 0 Å². The highest BCUT2D eigenvalue weighted by atomic mass is 32.2. The van der Waals surface area contributed by atoms with E-state index in [2.05, 4.69) is 18.2 Å². The van der Waals surface area contributed by atoms with E-state index in [1.807, 2.05) is 39.0 Å². The maximum Gasteiger partial charge on any atom is 0.573 e. The standard InChI is InChI=1S/C28H33F3O4S2/c1-7-8-9-10-20-15-24(34-28(29,30)31)25(37-20)23-13-19-11-12-21(14-22(19)33-23)36-18(4)16-27(5,6)35-26(32)17(2)3/h11-15,18H,2,7-10,16H2,1,3-6H3. The van der Waals surface area contributed by atoms with Gasteiger partial charge >= 0.3 is 12.3 Å². The summed E-state index contributed by atoms with van der Waals surface area (Å²) in [6.45, 7) is 13.1. The van der Waals surface area contributed by atoms with Crippen molar-refractivity contribution in [3.8, 4) is 16.4 Å². The van der Waals surface area contributed by atoms with Crippen LogP contribution in [-0.2, 0) is 16.0 Å². The predicted molar refractivity (Wildman–Crippen MR) is 144 cm³/mol. The Morgan fingerprint density at radius 1 is 1.19 bits per heavy atom. The van der Waals surface area contributed by atoms with Crippen molar-refractivity contribution in [2.24, 2.45) is 0 Å². The summed E-state index contributed by atoms with van der Waals surface area (Å²) in [5.74, 6) is -0.287. The van der Waals surface area contributed by atoms with Crippen LogP contribution in [0.2, 0.25) is 0 Å². The lowest BCUT2D eigenvalue weighted by Crippen LogP contribution is -2.31. The molecule has 1 atom stereocenters. The molecule has 0 bridgehead atoms. The quantitative estimate of drug-likeness (QED) is 0.0965. The number of aryl methyl sites for hydroxylation is 1. The van der Waals surface area contributed by atoms with Crippen LogP contribution in [0.25, 0.3) is 21.6 Å². The Morgan fingerprint density at radius 2 is 1.92 bits per heavy atom. The number of halogens is 3.